The topological polar surface area (TPSA) is 92.8 Å². The maximum Gasteiger partial charge on any atom is 0.262 e. The Morgan fingerprint density at radius 1 is 1.00 bits per heavy atom. The highest BCUT2D eigenvalue weighted by Gasteiger charge is 2.27. The van der Waals surface area contributed by atoms with Crippen molar-refractivity contribution in [2.24, 2.45) is 0 Å². The van der Waals surface area contributed by atoms with Gasteiger partial charge in [0.2, 0.25) is 10.0 Å². The van der Waals surface area contributed by atoms with Crippen LogP contribution >= 0.6 is 0 Å². The molecule has 2 aromatic rings. The van der Waals surface area contributed by atoms with Gasteiger partial charge in [-0.3, -0.25) is 9.59 Å². The highest BCUT2D eigenvalue weighted by atomic mass is 32.2. The Morgan fingerprint density at radius 3 is 2.28 bits per heavy atom. The van der Waals surface area contributed by atoms with Crippen molar-refractivity contribution in [3.8, 4) is 5.75 Å². The Bertz CT molecular complexity index is 1060. The van der Waals surface area contributed by atoms with E-state index in [0.717, 1.165) is 25.7 Å². The van der Waals surface area contributed by atoms with Crippen LogP contribution in [-0.4, -0.2) is 44.1 Å². The minimum Gasteiger partial charge on any atom is -0.484 e. The normalized spacial score (nSPS) is 15.1. The summed E-state index contributed by atoms with van der Waals surface area (Å²) in [7, 11) is -3.62. The molecule has 0 bridgehead atoms. The van der Waals surface area contributed by atoms with E-state index in [-0.39, 0.29) is 17.3 Å². The number of benzene rings is 2. The van der Waals surface area contributed by atoms with Crippen LogP contribution in [0.25, 0.3) is 0 Å². The van der Waals surface area contributed by atoms with Crippen LogP contribution in [0.2, 0.25) is 0 Å². The molecule has 8 heteroatoms. The predicted octanol–water partition coefficient (Wildman–Crippen LogP) is 4.17. The number of aryl methyl sites for hydroxylation is 1. The van der Waals surface area contributed by atoms with Crippen molar-refractivity contribution in [2.75, 3.05) is 25.0 Å². The molecule has 0 radical (unpaired) electrons. The number of carbonyl (C=O) groups is 2. The Balaban J connectivity index is 1.65. The zero-order chi connectivity index (χ0) is 23.1. The summed E-state index contributed by atoms with van der Waals surface area (Å²) in [6.45, 7) is 4.37. The molecule has 1 saturated heterocycles. The van der Waals surface area contributed by atoms with E-state index in [4.69, 9.17) is 4.74 Å². The van der Waals surface area contributed by atoms with Gasteiger partial charge < -0.3 is 10.1 Å². The van der Waals surface area contributed by atoms with Crippen LogP contribution in [0, 0.1) is 6.92 Å². The van der Waals surface area contributed by atoms with Crippen LogP contribution in [0.3, 0.4) is 0 Å². The Labute approximate surface area is 189 Å². The van der Waals surface area contributed by atoms with E-state index in [1.54, 1.807) is 54.6 Å². The number of hydrogen-bond donors (Lipinski definition) is 1. The first kappa shape index (κ1) is 23.9. The van der Waals surface area contributed by atoms with Crippen LogP contribution in [0.5, 0.6) is 5.75 Å². The van der Waals surface area contributed by atoms with Crippen molar-refractivity contribution in [2.45, 2.75) is 50.8 Å². The lowest BCUT2D eigenvalue weighted by atomic mass is 10.1. The van der Waals surface area contributed by atoms with Crippen LogP contribution in [0.1, 0.15) is 54.9 Å². The van der Waals surface area contributed by atoms with Crippen LogP contribution < -0.4 is 10.1 Å². The molecular weight excluding hydrogens is 428 g/mol. The maximum absolute atomic E-state index is 13.2. The number of ketones is 1. The molecule has 2 aromatic carbocycles. The lowest BCUT2D eigenvalue weighted by Gasteiger charge is -2.21. The second-order valence-corrected chi connectivity index (χ2v) is 9.84. The van der Waals surface area contributed by atoms with E-state index >= 15 is 0 Å². The molecular formula is C24H30N2O5S. The van der Waals surface area contributed by atoms with Crippen molar-refractivity contribution >= 4 is 27.4 Å². The monoisotopic (exact) mass is 458 g/mol. The molecule has 3 rings (SSSR count). The third-order valence-corrected chi connectivity index (χ3v) is 7.56. The Morgan fingerprint density at radius 2 is 1.66 bits per heavy atom. The van der Waals surface area contributed by atoms with Crippen LogP contribution in [-0.2, 0) is 14.8 Å². The first-order valence-electron chi connectivity index (χ1n) is 11.0. The number of sulfonamides is 1. The van der Waals surface area contributed by atoms with Crippen molar-refractivity contribution in [3.05, 3.63) is 53.6 Å². The molecule has 0 unspecified atom stereocenters. The molecule has 1 heterocycles. The summed E-state index contributed by atoms with van der Waals surface area (Å²) in [5.74, 6) is 0.112. The molecule has 1 amide bonds. The largest absolute Gasteiger partial charge is 0.484 e. The summed E-state index contributed by atoms with van der Waals surface area (Å²) in [5, 5.41) is 2.70. The zero-order valence-corrected chi connectivity index (χ0v) is 19.4. The van der Waals surface area contributed by atoms with E-state index in [1.807, 2.05) is 0 Å². The third kappa shape index (κ3) is 5.95. The van der Waals surface area contributed by atoms with Gasteiger partial charge in [0.25, 0.3) is 5.91 Å². The van der Waals surface area contributed by atoms with Gasteiger partial charge >= 0.3 is 0 Å². The van der Waals surface area contributed by atoms with Crippen LogP contribution in [0.15, 0.2) is 47.4 Å². The first-order chi connectivity index (χ1) is 15.3. The highest BCUT2D eigenvalue weighted by Crippen LogP contribution is 2.26. The van der Waals surface area contributed by atoms with Crippen molar-refractivity contribution in [1.82, 2.24) is 4.31 Å². The molecule has 0 aliphatic carbocycles. The van der Waals surface area contributed by atoms with Crippen molar-refractivity contribution in [1.29, 1.82) is 0 Å². The first-order valence-corrected chi connectivity index (χ1v) is 12.4. The quantitative estimate of drug-likeness (QED) is 0.600. The summed E-state index contributed by atoms with van der Waals surface area (Å²) >= 11 is 0. The van der Waals surface area contributed by atoms with E-state index < -0.39 is 15.9 Å². The van der Waals surface area contributed by atoms with Crippen LogP contribution in [0.4, 0.5) is 5.69 Å². The van der Waals surface area contributed by atoms with Gasteiger partial charge in [0.1, 0.15) is 5.75 Å². The van der Waals surface area contributed by atoms with Gasteiger partial charge in [-0.1, -0.05) is 25.8 Å². The summed E-state index contributed by atoms with van der Waals surface area (Å²) in [6, 6.07) is 11.5. The number of carbonyl (C=O) groups excluding carboxylic acids is 2. The number of ether oxygens (including phenoxy) is 1. The summed E-state index contributed by atoms with van der Waals surface area (Å²) < 4.78 is 33.4. The van der Waals surface area contributed by atoms with Gasteiger partial charge in [-0.05, 0) is 61.7 Å². The van der Waals surface area contributed by atoms with Gasteiger partial charge in [-0.15, -0.1) is 0 Å². The molecule has 172 valence electrons. The minimum absolute atomic E-state index is 0.0413. The van der Waals surface area contributed by atoms with Crippen molar-refractivity contribution < 1.29 is 22.7 Å². The molecule has 0 saturated carbocycles. The fourth-order valence-electron chi connectivity index (χ4n) is 3.66. The standard InChI is InChI=1S/C24H30N2O5S/c1-3-22(27)19-9-12-21(13-10-19)31-17-24(28)25-20-11-8-18(2)23(16-20)32(29,30)26-14-6-4-5-7-15-26/h8-13,16H,3-7,14-15,17H2,1-2H3,(H,25,28). The van der Waals surface area contributed by atoms with Gasteiger partial charge in [0, 0.05) is 30.8 Å². The molecule has 1 aliphatic heterocycles. The average molecular weight is 459 g/mol. The molecule has 32 heavy (non-hydrogen) atoms. The van der Waals surface area contributed by atoms with Gasteiger partial charge in [0.05, 0.1) is 4.90 Å². The fourth-order valence-corrected chi connectivity index (χ4v) is 5.43. The number of rotatable bonds is 8. The Kier molecular flexibility index (Phi) is 8.04. The molecule has 0 spiro atoms. The molecule has 0 atom stereocenters. The highest BCUT2D eigenvalue weighted by molar-refractivity contribution is 7.89. The van der Waals surface area contributed by atoms with Gasteiger partial charge in [-0.25, -0.2) is 8.42 Å². The molecule has 1 fully saturated rings. The summed E-state index contributed by atoms with van der Waals surface area (Å²) in [6.07, 6.45) is 4.23. The number of anilines is 1. The fraction of sp³-hybridized carbons (Fsp3) is 0.417. The zero-order valence-electron chi connectivity index (χ0n) is 18.6. The molecule has 7 nitrogen and oxygen atoms in total. The Hall–Kier alpha value is -2.71. The second kappa shape index (κ2) is 10.7. The second-order valence-electron chi connectivity index (χ2n) is 7.94. The summed E-state index contributed by atoms with van der Waals surface area (Å²) in [4.78, 5) is 24.3. The smallest absolute Gasteiger partial charge is 0.262 e. The van der Waals surface area contributed by atoms with E-state index in [9.17, 15) is 18.0 Å². The van der Waals surface area contributed by atoms with Crippen molar-refractivity contribution in [3.63, 3.8) is 0 Å². The van der Waals surface area contributed by atoms with E-state index in [2.05, 4.69) is 5.32 Å². The number of nitrogens with one attached hydrogen (secondary N) is 1. The number of hydrogen-bond acceptors (Lipinski definition) is 5. The van der Waals surface area contributed by atoms with Gasteiger partial charge in [0.15, 0.2) is 12.4 Å². The number of nitrogens with zero attached hydrogens (tertiary/aromatic N) is 1. The minimum atomic E-state index is -3.62. The predicted molar refractivity (Wildman–Crippen MR) is 124 cm³/mol. The molecule has 0 aromatic heterocycles. The molecule has 1 aliphatic rings. The third-order valence-electron chi connectivity index (χ3n) is 5.52. The average Bonchev–Trinajstić information content (AvgIpc) is 3.09. The number of Topliss-reactive ketones (excluding diaryl/α,β-unsaturated/α-hetero) is 1. The lowest BCUT2D eigenvalue weighted by molar-refractivity contribution is -0.118. The number of amides is 1. The molecule has 1 N–H and O–H groups in total. The summed E-state index contributed by atoms with van der Waals surface area (Å²) in [5.41, 5.74) is 1.65. The van der Waals surface area contributed by atoms with Gasteiger partial charge in [-0.2, -0.15) is 4.31 Å². The SMILES string of the molecule is CCC(=O)c1ccc(OCC(=O)Nc2ccc(C)c(S(=O)(=O)N3CCCCCC3)c2)cc1. The van der Waals surface area contributed by atoms with E-state index in [0.29, 0.717) is 42.1 Å². The van der Waals surface area contributed by atoms with E-state index in [1.165, 1.54) is 6.07 Å². The maximum atomic E-state index is 13.2. The lowest BCUT2D eigenvalue weighted by Crippen LogP contribution is -2.32.